The third-order valence-electron chi connectivity index (χ3n) is 3.11. The van der Waals surface area contributed by atoms with Gasteiger partial charge in [-0.05, 0) is 48.5 Å². The summed E-state index contributed by atoms with van der Waals surface area (Å²) < 4.78 is 22.8. The van der Waals surface area contributed by atoms with Gasteiger partial charge in [0.1, 0.15) is 0 Å². The number of rotatable bonds is 4. The molecule has 0 amide bonds. The molecule has 0 aliphatic carbocycles. The van der Waals surface area contributed by atoms with Gasteiger partial charge in [-0.2, -0.15) is 11.8 Å². The van der Waals surface area contributed by atoms with E-state index in [1.54, 1.807) is 19.1 Å². The molecule has 1 saturated heterocycles. The van der Waals surface area contributed by atoms with Crippen LogP contribution in [0.4, 0.5) is 5.69 Å². The van der Waals surface area contributed by atoms with Gasteiger partial charge >= 0.3 is 0 Å². The Kier molecular flexibility index (Phi) is 4.19. The van der Waals surface area contributed by atoms with Crippen LogP contribution in [0, 0.1) is 12.8 Å². The summed E-state index contributed by atoms with van der Waals surface area (Å²) >= 11 is 1.97. The van der Waals surface area contributed by atoms with Crippen molar-refractivity contribution in [1.82, 2.24) is 0 Å². The fraction of sp³-hybridized carbons (Fsp3) is 0.500. The molecule has 1 aromatic carbocycles. The molecule has 0 spiro atoms. The molecule has 1 aliphatic heterocycles. The zero-order valence-electron chi connectivity index (χ0n) is 10.3. The molecule has 4 nitrogen and oxygen atoms in total. The van der Waals surface area contributed by atoms with Crippen LogP contribution in [0.3, 0.4) is 0 Å². The van der Waals surface area contributed by atoms with Crippen molar-refractivity contribution in [3.8, 4) is 0 Å². The summed E-state index contributed by atoms with van der Waals surface area (Å²) in [6.45, 7) is 2.64. The van der Waals surface area contributed by atoms with Crippen molar-refractivity contribution in [2.24, 2.45) is 11.1 Å². The Morgan fingerprint density at radius 1 is 1.50 bits per heavy atom. The Hall–Kier alpha value is -0.720. The smallest absolute Gasteiger partial charge is 0.238 e. The molecule has 2 rings (SSSR count). The summed E-state index contributed by atoms with van der Waals surface area (Å²) in [5.74, 6) is 3.08. The highest BCUT2D eigenvalue weighted by Crippen LogP contribution is 2.24. The largest absolute Gasteiger partial charge is 0.385 e. The van der Waals surface area contributed by atoms with E-state index >= 15 is 0 Å². The highest BCUT2D eigenvalue weighted by atomic mass is 32.2. The fourth-order valence-electron chi connectivity index (χ4n) is 2.02. The summed E-state index contributed by atoms with van der Waals surface area (Å²) in [5.41, 5.74) is 1.50. The minimum absolute atomic E-state index is 0.202. The van der Waals surface area contributed by atoms with Crippen LogP contribution < -0.4 is 10.5 Å². The molecule has 1 unspecified atom stereocenters. The maximum absolute atomic E-state index is 11.4. The number of primary sulfonamides is 1. The molecule has 1 heterocycles. The van der Waals surface area contributed by atoms with E-state index in [1.807, 2.05) is 17.8 Å². The van der Waals surface area contributed by atoms with Crippen LogP contribution in [0.2, 0.25) is 0 Å². The molecular formula is C12H18N2O2S2. The zero-order valence-corrected chi connectivity index (χ0v) is 12.0. The second kappa shape index (κ2) is 5.50. The molecule has 100 valence electrons. The fourth-order valence-corrected chi connectivity index (χ4v) is 4.12. The minimum atomic E-state index is -3.64. The summed E-state index contributed by atoms with van der Waals surface area (Å²) in [6.07, 6.45) is 1.23. The van der Waals surface area contributed by atoms with Gasteiger partial charge in [0, 0.05) is 12.2 Å². The number of benzene rings is 1. The lowest BCUT2D eigenvalue weighted by Crippen LogP contribution is -2.16. The van der Waals surface area contributed by atoms with Gasteiger partial charge in [-0.1, -0.05) is 6.07 Å². The molecular weight excluding hydrogens is 268 g/mol. The van der Waals surface area contributed by atoms with Crippen molar-refractivity contribution in [1.29, 1.82) is 0 Å². The monoisotopic (exact) mass is 286 g/mol. The van der Waals surface area contributed by atoms with E-state index in [0.717, 1.165) is 12.2 Å². The third kappa shape index (κ3) is 3.40. The standard InChI is InChI=1S/C12H18N2O2S2/c1-9-2-3-11(6-12(9)18(13,15)16)14-7-10-4-5-17-8-10/h2-3,6,10,14H,4-5,7-8H2,1H3,(H2,13,15,16). The van der Waals surface area contributed by atoms with E-state index in [0.29, 0.717) is 11.5 Å². The predicted octanol–water partition coefficient (Wildman–Crippen LogP) is 1.81. The Labute approximate surface area is 112 Å². The number of hydrogen-bond acceptors (Lipinski definition) is 4. The van der Waals surface area contributed by atoms with E-state index in [9.17, 15) is 8.42 Å². The second-order valence-electron chi connectivity index (χ2n) is 4.64. The van der Waals surface area contributed by atoms with Gasteiger partial charge in [-0.25, -0.2) is 13.6 Å². The first-order valence-corrected chi connectivity index (χ1v) is 8.62. The summed E-state index contributed by atoms with van der Waals surface area (Å²) in [6, 6.07) is 5.30. The van der Waals surface area contributed by atoms with Crippen molar-refractivity contribution in [2.45, 2.75) is 18.2 Å². The topological polar surface area (TPSA) is 72.2 Å². The summed E-state index contributed by atoms with van der Waals surface area (Å²) in [7, 11) is -3.64. The number of aryl methyl sites for hydroxylation is 1. The van der Waals surface area contributed by atoms with E-state index < -0.39 is 10.0 Å². The van der Waals surface area contributed by atoms with E-state index in [2.05, 4.69) is 5.32 Å². The van der Waals surface area contributed by atoms with Gasteiger partial charge in [-0.3, -0.25) is 0 Å². The highest BCUT2D eigenvalue weighted by molar-refractivity contribution is 7.99. The molecule has 1 aliphatic rings. The van der Waals surface area contributed by atoms with Gasteiger partial charge in [0.05, 0.1) is 4.90 Å². The van der Waals surface area contributed by atoms with Crippen molar-refractivity contribution in [2.75, 3.05) is 23.4 Å². The Bertz CT molecular complexity index is 523. The van der Waals surface area contributed by atoms with Crippen LogP contribution in [-0.4, -0.2) is 26.5 Å². The van der Waals surface area contributed by atoms with E-state index in [-0.39, 0.29) is 4.90 Å². The summed E-state index contributed by atoms with van der Waals surface area (Å²) in [4.78, 5) is 0.202. The number of sulfonamides is 1. The number of hydrogen-bond donors (Lipinski definition) is 2. The average Bonchev–Trinajstić information content (AvgIpc) is 2.79. The normalized spacial score (nSPS) is 20.0. The van der Waals surface area contributed by atoms with Gasteiger partial charge in [0.2, 0.25) is 10.0 Å². The van der Waals surface area contributed by atoms with Crippen molar-refractivity contribution < 1.29 is 8.42 Å². The van der Waals surface area contributed by atoms with Gasteiger partial charge < -0.3 is 5.32 Å². The SMILES string of the molecule is Cc1ccc(NCC2CCSC2)cc1S(N)(=O)=O. The molecule has 1 aromatic rings. The Balaban J connectivity index is 2.09. The Morgan fingerprint density at radius 2 is 2.28 bits per heavy atom. The average molecular weight is 286 g/mol. The van der Waals surface area contributed by atoms with Crippen LogP contribution in [0.15, 0.2) is 23.1 Å². The van der Waals surface area contributed by atoms with Crippen LogP contribution in [-0.2, 0) is 10.0 Å². The van der Waals surface area contributed by atoms with Crippen LogP contribution in [0.5, 0.6) is 0 Å². The first-order valence-electron chi connectivity index (χ1n) is 5.92. The van der Waals surface area contributed by atoms with Gasteiger partial charge in [-0.15, -0.1) is 0 Å². The Morgan fingerprint density at radius 3 is 2.89 bits per heavy atom. The molecule has 18 heavy (non-hydrogen) atoms. The molecule has 1 atom stereocenters. The van der Waals surface area contributed by atoms with Crippen molar-refractivity contribution >= 4 is 27.5 Å². The maximum Gasteiger partial charge on any atom is 0.238 e. The quantitative estimate of drug-likeness (QED) is 0.885. The molecule has 0 saturated carbocycles. The zero-order chi connectivity index (χ0) is 13.2. The lowest BCUT2D eigenvalue weighted by molar-refractivity contribution is 0.597. The van der Waals surface area contributed by atoms with Crippen molar-refractivity contribution in [3.05, 3.63) is 23.8 Å². The molecule has 3 N–H and O–H groups in total. The first-order chi connectivity index (χ1) is 8.47. The van der Waals surface area contributed by atoms with Crippen molar-refractivity contribution in [3.63, 3.8) is 0 Å². The van der Waals surface area contributed by atoms with Crippen LogP contribution in [0.1, 0.15) is 12.0 Å². The maximum atomic E-state index is 11.4. The minimum Gasteiger partial charge on any atom is -0.385 e. The molecule has 0 bridgehead atoms. The molecule has 0 aromatic heterocycles. The summed E-state index contributed by atoms with van der Waals surface area (Å²) in [5, 5.41) is 8.48. The molecule has 6 heteroatoms. The lowest BCUT2D eigenvalue weighted by Gasteiger charge is -2.13. The molecule has 0 radical (unpaired) electrons. The number of nitrogens with two attached hydrogens (primary N) is 1. The van der Waals surface area contributed by atoms with Crippen LogP contribution >= 0.6 is 11.8 Å². The number of anilines is 1. The lowest BCUT2D eigenvalue weighted by atomic mass is 10.1. The van der Waals surface area contributed by atoms with Crippen LogP contribution in [0.25, 0.3) is 0 Å². The predicted molar refractivity (Wildman–Crippen MR) is 76.5 cm³/mol. The number of nitrogens with one attached hydrogen (secondary N) is 1. The first kappa shape index (κ1) is 13.7. The third-order valence-corrected chi connectivity index (χ3v) is 5.40. The van der Waals surface area contributed by atoms with E-state index in [4.69, 9.17) is 5.14 Å². The van der Waals surface area contributed by atoms with Gasteiger partial charge in [0.25, 0.3) is 0 Å². The molecule has 1 fully saturated rings. The highest BCUT2D eigenvalue weighted by Gasteiger charge is 2.16. The number of thioether (sulfide) groups is 1. The second-order valence-corrected chi connectivity index (χ2v) is 7.32. The van der Waals surface area contributed by atoms with E-state index in [1.165, 1.54) is 17.9 Å². The van der Waals surface area contributed by atoms with Gasteiger partial charge in [0.15, 0.2) is 0 Å².